The number of likely N-dealkylation sites (tertiary alicyclic amines) is 1. The van der Waals surface area contributed by atoms with Crippen molar-refractivity contribution in [2.75, 3.05) is 6.54 Å². The van der Waals surface area contributed by atoms with Crippen LogP contribution in [-0.2, 0) is 4.79 Å². The van der Waals surface area contributed by atoms with Crippen LogP contribution in [0.15, 0.2) is 35.7 Å². The van der Waals surface area contributed by atoms with Gasteiger partial charge in [-0.2, -0.15) is 0 Å². The van der Waals surface area contributed by atoms with Crippen molar-refractivity contribution in [3.05, 3.63) is 53.8 Å². The van der Waals surface area contributed by atoms with Crippen molar-refractivity contribution < 1.29 is 9.59 Å². The Hall–Kier alpha value is -2.14. The molecule has 2 aromatic rings. The van der Waals surface area contributed by atoms with Gasteiger partial charge in [-0.25, -0.2) is 0 Å². The van der Waals surface area contributed by atoms with E-state index in [0.29, 0.717) is 12.1 Å². The molecular weight excluding hydrogens is 320 g/mol. The Morgan fingerprint density at radius 1 is 1.38 bits per heavy atom. The number of amides is 2. The number of carbonyl (C=O) groups is 2. The molecule has 1 saturated carbocycles. The summed E-state index contributed by atoms with van der Waals surface area (Å²) in [5.74, 6) is -0.249. The molecule has 5 heteroatoms. The first-order valence-corrected chi connectivity index (χ1v) is 8.90. The van der Waals surface area contributed by atoms with Crippen LogP contribution in [-0.4, -0.2) is 29.3 Å². The van der Waals surface area contributed by atoms with Crippen LogP contribution >= 0.6 is 11.3 Å². The summed E-state index contributed by atoms with van der Waals surface area (Å²) < 4.78 is 0. The first kappa shape index (κ1) is 15.4. The third-order valence-electron chi connectivity index (χ3n) is 5.38. The van der Waals surface area contributed by atoms with Gasteiger partial charge in [-0.3, -0.25) is 9.59 Å². The average Bonchev–Trinajstić information content (AvgIpc) is 2.96. The number of hydrogen-bond acceptors (Lipinski definition) is 3. The summed E-state index contributed by atoms with van der Waals surface area (Å²) in [5, 5.41) is 1.93. The summed E-state index contributed by atoms with van der Waals surface area (Å²) in [5.41, 5.74) is 7.89. The van der Waals surface area contributed by atoms with Gasteiger partial charge >= 0.3 is 0 Å². The minimum Gasteiger partial charge on any atom is -0.369 e. The van der Waals surface area contributed by atoms with Crippen molar-refractivity contribution in [1.82, 2.24) is 4.90 Å². The predicted molar refractivity (Wildman–Crippen MR) is 94.4 cm³/mol. The molecule has 1 saturated heterocycles. The van der Waals surface area contributed by atoms with E-state index in [4.69, 9.17) is 5.73 Å². The van der Waals surface area contributed by atoms with Gasteiger partial charge in [0.25, 0.3) is 5.91 Å². The molecule has 24 heavy (non-hydrogen) atoms. The lowest BCUT2D eigenvalue weighted by atomic mass is 10.1. The quantitative estimate of drug-likeness (QED) is 0.934. The Bertz CT molecular complexity index is 843. The lowest BCUT2D eigenvalue weighted by Gasteiger charge is -2.25. The van der Waals surface area contributed by atoms with Gasteiger partial charge in [-0.05, 0) is 43.2 Å². The van der Waals surface area contributed by atoms with E-state index in [2.05, 4.69) is 13.0 Å². The zero-order chi connectivity index (χ0) is 17.1. The topological polar surface area (TPSA) is 63.4 Å². The number of nitrogens with zero attached hydrogens (tertiary/aromatic N) is 1. The SMILES string of the molecule is [CH2][C@H]1[C@H]2C[C@]2(C(N)=O)CN1C(=O)c1ccsc1-c1cccc(C)c1. The summed E-state index contributed by atoms with van der Waals surface area (Å²) in [4.78, 5) is 27.5. The number of primary amides is 1. The highest BCUT2D eigenvalue weighted by molar-refractivity contribution is 7.14. The van der Waals surface area contributed by atoms with Gasteiger partial charge in [0.05, 0.1) is 11.0 Å². The van der Waals surface area contributed by atoms with E-state index in [-0.39, 0.29) is 23.8 Å². The molecule has 1 radical (unpaired) electrons. The second-order valence-corrected chi connectivity index (χ2v) is 7.78. The second-order valence-electron chi connectivity index (χ2n) is 6.86. The number of thiophene rings is 1. The molecule has 0 bridgehead atoms. The van der Waals surface area contributed by atoms with Gasteiger partial charge < -0.3 is 10.6 Å². The van der Waals surface area contributed by atoms with Crippen LogP contribution in [0.1, 0.15) is 22.3 Å². The highest BCUT2D eigenvalue weighted by atomic mass is 32.1. The van der Waals surface area contributed by atoms with Crippen LogP contribution in [0, 0.1) is 25.2 Å². The minimum absolute atomic E-state index is 0.0550. The Labute approximate surface area is 145 Å². The van der Waals surface area contributed by atoms with Gasteiger partial charge in [0.15, 0.2) is 0 Å². The van der Waals surface area contributed by atoms with Crippen molar-refractivity contribution in [1.29, 1.82) is 0 Å². The number of carbonyl (C=O) groups excluding carboxylic acids is 2. The summed E-state index contributed by atoms with van der Waals surface area (Å²) >= 11 is 1.56. The molecule has 2 N–H and O–H groups in total. The predicted octanol–water partition coefficient (Wildman–Crippen LogP) is 2.87. The van der Waals surface area contributed by atoms with Gasteiger partial charge in [-0.15, -0.1) is 11.3 Å². The first-order chi connectivity index (χ1) is 11.4. The van der Waals surface area contributed by atoms with Gasteiger partial charge in [-0.1, -0.05) is 29.8 Å². The number of benzene rings is 1. The third-order valence-corrected chi connectivity index (χ3v) is 6.34. The zero-order valence-electron chi connectivity index (χ0n) is 13.5. The summed E-state index contributed by atoms with van der Waals surface area (Å²) in [6.45, 7) is 6.55. The van der Waals surface area contributed by atoms with Gasteiger partial charge in [0.2, 0.25) is 5.91 Å². The number of piperidine rings is 1. The summed E-state index contributed by atoms with van der Waals surface area (Å²) in [6, 6.07) is 9.80. The number of aryl methyl sites for hydroxylation is 1. The largest absolute Gasteiger partial charge is 0.369 e. The molecule has 2 amide bonds. The highest BCUT2D eigenvalue weighted by Gasteiger charge is 2.68. The van der Waals surface area contributed by atoms with Crippen molar-refractivity contribution in [2.24, 2.45) is 17.1 Å². The second kappa shape index (κ2) is 5.18. The number of hydrogen-bond donors (Lipinski definition) is 1. The Balaban J connectivity index is 1.65. The van der Waals surface area contributed by atoms with E-state index < -0.39 is 5.41 Å². The molecule has 2 heterocycles. The third kappa shape index (κ3) is 2.11. The molecule has 2 aliphatic rings. The van der Waals surface area contributed by atoms with E-state index >= 15 is 0 Å². The van der Waals surface area contributed by atoms with E-state index in [1.807, 2.05) is 36.6 Å². The van der Waals surface area contributed by atoms with E-state index in [9.17, 15) is 9.59 Å². The molecule has 4 nitrogen and oxygen atoms in total. The maximum Gasteiger partial charge on any atom is 0.255 e. The lowest BCUT2D eigenvalue weighted by molar-refractivity contribution is -0.123. The Kier molecular flexibility index (Phi) is 3.32. The fourth-order valence-electron chi connectivity index (χ4n) is 3.88. The van der Waals surface area contributed by atoms with Crippen LogP contribution in [0.3, 0.4) is 0 Å². The molecule has 3 atom stereocenters. The van der Waals surface area contributed by atoms with E-state index in [0.717, 1.165) is 22.4 Å². The van der Waals surface area contributed by atoms with Crippen molar-refractivity contribution in [3.8, 4) is 10.4 Å². The monoisotopic (exact) mass is 339 g/mol. The smallest absolute Gasteiger partial charge is 0.255 e. The molecule has 4 rings (SSSR count). The molecule has 1 aliphatic carbocycles. The van der Waals surface area contributed by atoms with Crippen molar-refractivity contribution >= 4 is 23.2 Å². The molecule has 123 valence electrons. The Morgan fingerprint density at radius 2 is 2.17 bits per heavy atom. The maximum atomic E-state index is 13.1. The molecule has 1 aromatic carbocycles. The zero-order valence-corrected chi connectivity index (χ0v) is 14.3. The van der Waals surface area contributed by atoms with Crippen molar-refractivity contribution in [2.45, 2.75) is 19.4 Å². The molecule has 1 aromatic heterocycles. The highest BCUT2D eigenvalue weighted by Crippen LogP contribution is 2.60. The van der Waals surface area contributed by atoms with Crippen LogP contribution in [0.25, 0.3) is 10.4 Å². The molecular formula is C19H19N2O2S. The summed E-state index contributed by atoms with van der Waals surface area (Å²) in [7, 11) is 0. The fourth-order valence-corrected chi connectivity index (χ4v) is 4.77. The maximum absolute atomic E-state index is 13.1. The standard InChI is InChI=1S/C19H19N2O2S/c1-11-4-3-5-13(8-11)16-14(6-7-24-16)17(22)21-10-19(18(20)23)9-15(19)12(21)2/h3-8,12,15H,2,9-10H2,1H3,(H2,20,23)/t12-,15+,19-/m0/s1. The van der Waals surface area contributed by atoms with Crippen LogP contribution in [0.2, 0.25) is 0 Å². The molecule has 1 aliphatic heterocycles. The van der Waals surface area contributed by atoms with Crippen LogP contribution in [0.5, 0.6) is 0 Å². The molecule has 0 spiro atoms. The average molecular weight is 339 g/mol. The minimum atomic E-state index is -0.540. The lowest BCUT2D eigenvalue weighted by Crippen LogP contribution is -2.39. The van der Waals surface area contributed by atoms with Gasteiger partial charge in [0, 0.05) is 17.5 Å². The van der Waals surface area contributed by atoms with Crippen molar-refractivity contribution in [3.63, 3.8) is 0 Å². The van der Waals surface area contributed by atoms with Gasteiger partial charge in [0.1, 0.15) is 0 Å². The van der Waals surface area contributed by atoms with Crippen LogP contribution < -0.4 is 5.73 Å². The van der Waals surface area contributed by atoms with E-state index in [1.54, 1.807) is 16.2 Å². The van der Waals surface area contributed by atoms with Crippen LogP contribution in [0.4, 0.5) is 0 Å². The number of fused-ring (bicyclic) bond motifs is 1. The van der Waals surface area contributed by atoms with E-state index in [1.165, 1.54) is 0 Å². The number of nitrogens with two attached hydrogens (primary N) is 1. The Morgan fingerprint density at radius 3 is 2.83 bits per heavy atom. The summed E-state index contributed by atoms with van der Waals surface area (Å²) in [6.07, 6.45) is 0.759. The number of rotatable bonds is 3. The first-order valence-electron chi connectivity index (χ1n) is 8.02. The normalized spacial score (nSPS) is 27.8. The fraction of sp³-hybridized carbons (Fsp3) is 0.316. The molecule has 0 unspecified atom stereocenters. The molecule has 2 fully saturated rings.